The highest BCUT2D eigenvalue weighted by Gasteiger charge is 2.34. The van der Waals surface area contributed by atoms with Crippen LogP contribution in [0.25, 0.3) is 11.3 Å². The molecule has 10 heteroatoms. The number of amides is 3. The molecule has 0 aliphatic carbocycles. The van der Waals surface area contributed by atoms with Crippen molar-refractivity contribution in [2.24, 2.45) is 5.73 Å². The number of nitrogens with zero attached hydrogens (tertiary/aromatic N) is 4. The van der Waals surface area contributed by atoms with E-state index in [9.17, 15) is 18.4 Å². The number of aromatic nitrogens is 2. The average Bonchev–Trinajstić information content (AvgIpc) is 3.19. The molecule has 8 nitrogen and oxygen atoms in total. The molecule has 1 aliphatic rings. The molecule has 0 unspecified atom stereocenters. The Labute approximate surface area is 181 Å². The third-order valence-corrected chi connectivity index (χ3v) is 5.20. The van der Waals surface area contributed by atoms with Gasteiger partial charge in [0, 0.05) is 17.8 Å². The Morgan fingerprint density at radius 2 is 2.00 bits per heavy atom. The van der Waals surface area contributed by atoms with Crippen molar-refractivity contribution in [1.29, 1.82) is 5.26 Å². The number of hydrogen-bond acceptors (Lipinski definition) is 4. The molecular formula is C22H18F2N6O2. The van der Waals surface area contributed by atoms with Crippen LogP contribution in [0.15, 0.2) is 48.5 Å². The van der Waals surface area contributed by atoms with E-state index in [1.807, 2.05) is 6.07 Å². The van der Waals surface area contributed by atoms with Crippen LogP contribution in [0.1, 0.15) is 27.7 Å². The van der Waals surface area contributed by atoms with Crippen molar-refractivity contribution in [3.8, 4) is 17.3 Å². The van der Waals surface area contributed by atoms with Gasteiger partial charge in [-0.2, -0.15) is 10.4 Å². The van der Waals surface area contributed by atoms with E-state index >= 15 is 0 Å². The fourth-order valence-corrected chi connectivity index (χ4v) is 3.70. The summed E-state index contributed by atoms with van der Waals surface area (Å²) in [7, 11) is 0. The van der Waals surface area contributed by atoms with Gasteiger partial charge in [-0.05, 0) is 36.4 Å². The summed E-state index contributed by atoms with van der Waals surface area (Å²) in [5.41, 5.74) is 7.26. The summed E-state index contributed by atoms with van der Waals surface area (Å²) in [6, 6.07) is 12.4. The standard InChI is InChI=1S/C22H18F2N6O2/c23-9-17-11-29(22(32)27-16-6-4-13(10-25)5-7-16)12-18-19(21(26)31)20(28-30(17)18)14-2-1-3-15(24)8-14/h1-8,17H,9,11-12H2,(H2,26,31)(H,27,32)/t17-/m0/s1. The fraction of sp³-hybridized carbons (Fsp3) is 0.182. The molecule has 0 saturated heterocycles. The Balaban J connectivity index is 1.68. The van der Waals surface area contributed by atoms with Crippen LogP contribution in [-0.4, -0.2) is 39.8 Å². The number of nitrogens with two attached hydrogens (primary N) is 1. The van der Waals surface area contributed by atoms with Gasteiger partial charge in [0.15, 0.2) is 0 Å². The number of alkyl halides is 1. The number of anilines is 1. The highest BCUT2D eigenvalue weighted by atomic mass is 19.1. The molecule has 2 heterocycles. The second-order valence-electron chi connectivity index (χ2n) is 7.30. The maximum Gasteiger partial charge on any atom is 0.322 e. The summed E-state index contributed by atoms with van der Waals surface area (Å²) in [5, 5.41) is 15.9. The Morgan fingerprint density at radius 3 is 2.62 bits per heavy atom. The number of hydrogen-bond donors (Lipinski definition) is 2. The largest absolute Gasteiger partial charge is 0.365 e. The molecule has 3 N–H and O–H groups in total. The van der Waals surface area contributed by atoms with Crippen LogP contribution < -0.4 is 11.1 Å². The van der Waals surface area contributed by atoms with Gasteiger partial charge in [-0.1, -0.05) is 12.1 Å². The molecule has 2 aromatic carbocycles. The normalized spacial score (nSPS) is 15.0. The molecule has 32 heavy (non-hydrogen) atoms. The van der Waals surface area contributed by atoms with Crippen molar-refractivity contribution in [2.45, 2.75) is 12.6 Å². The Kier molecular flexibility index (Phi) is 5.55. The summed E-state index contributed by atoms with van der Waals surface area (Å²) in [4.78, 5) is 26.4. The minimum atomic E-state index is -0.842. The molecule has 3 aromatic rings. The number of nitrogens with one attached hydrogen (secondary N) is 1. The van der Waals surface area contributed by atoms with Gasteiger partial charge in [0.2, 0.25) is 0 Å². The van der Waals surface area contributed by atoms with Crippen molar-refractivity contribution in [1.82, 2.24) is 14.7 Å². The lowest BCUT2D eigenvalue weighted by atomic mass is 10.0. The topological polar surface area (TPSA) is 117 Å². The minimum Gasteiger partial charge on any atom is -0.365 e. The van der Waals surface area contributed by atoms with Crippen LogP contribution in [0, 0.1) is 17.1 Å². The van der Waals surface area contributed by atoms with Gasteiger partial charge in [0.25, 0.3) is 5.91 Å². The first-order valence-electron chi connectivity index (χ1n) is 9.70. The van der Waals surface area contributed by atoms with E-state index in [0.717, 1.165) is 0 Å². The molecule has 0 radical (unpaired) electrons. The molecule has 0 saturated carbocycles. The summed E-state index contributed by atoms with van der Waals surface area (Å²) in [6.45, 7) is -0.872. The van der Waals surface area contributed by atoms with Gasteiger partial charge in [-0.15, -0.1) is 0 Å². The number of carbonyl (C=O) groups is 2. The summed E-state index contributed by atoms with van der Waals surface area (Å²) >= 11 is 0. The number of carbonyl (C=O) groups excluding carboxylic acids is 2. The average molecular weight is 436 g/mol. The number of urea groups is 1. The molecule has 1 aliphatic heterocycles. The van der Waals surface area contributed by atoms with Crippen LogP contribution in [0.4, 0.5) is 19.3 Å². The SMILES string of the molecule is N#Cc1ccc(NC(=O)N2Cc3c(C(N)=O)c(-c4cccc(F)c4)nn3[C@@H](CF)C2)cc1. The second-order valence-corrected chi connectivity index (χ2v) is 7.30. The molecule has 162 valence electrons. The highest BCUT2D eigenvalue weighted by molar-refractivity contribution is 6.00. The summed E-state index contributed by atoms with van der Waals surface area (Å²) in [5.74, 6) is -1.33. The van der Waals surface area contributed by atoms with Crippen LogP contribution in [0.2, 0.25) is 0 Å². The number of fused-ring (bicyclic) bond motifs is 1. The van der Waals surface area contributed by atoms with Crippen LogP contribution in [0.5, 0.6) is 0 Å². The van der Waals surface area contributed by atoms with Crippen molar-refractivity contribution in [2.75, 3.05) is 18.5 Å². The van der Waals surface area contributed by atoms with Gasteiger partial charge in [-0.3, -0.25) is 9.48 Å². The Bertz CT molecular complexity index is 1230. The third kappa shape index (κ3) is 3.88. The van der Waals surface area contributed by atoms with Gasteiger partial charge in [-0.25, -0.2) is 13.6 Å². The number of halogens is 2. The molecule has 0 fully saturated rings. The Morgan fingerprint density at radius 1 is 1.25 bits per heavy atom. The van der Waals surface area contributed by atoms with Gasteiger partial charge >= 0.3 is 6.03 Å². The number of rotatable bonds is 4. The van der Waals surface area contributed by atoms with Crippen molar-refractivity contribution in [3.05, 3.63) is 71.2 Å². The van der Waals surface area contributed by atoms with Gasteiger partial charge in [0.1, 0.15) is 18.2 Å². The lowest BCUT2D eigenvalue weighted by molar-refractivity contribution is 0.0995. The van der Waals surface area contributed by atoms with Gasteiger partial charge in [0.05, 0.1) is 35.5 Å². The number of nitriles is 1. The maximum absolute atomic E-state index is 13.9. The van der Waals surface area contributed by atoms with Crippen LogP contribution in [-0.2, 0) is 6.54 Å². The molecule has 3 amide bonds. The zero-order valence-electron chi connectivity index (χ0n) is 16.8. The minimum absolute atomic E-state index is 0.00802. The van der Waals surface area contributed by atoms with Crippen LogP contribution >= 0.6 is 0 Å². The van der Waals surface area contributed by atoms with Crippen molar-refractivity contribution in [3.63, 3.8) is 0 Å². The van der Waals surface area contributed by atoms with E-state index in [1.54, 1.807) is 30.3 Å². The fourth-order valence-electron chi connectivity index (χ4n) is 3.70. The lowest BCUT2D eigenvalue weighted by Crippen LogP contribution is -2.44. The quantitative estimate of drug-likeness (QED) is 0.653. The monoisotopic (exact) mass is 436 g/mol. The van der Waals surface area contributed by atoms with E-state index in [-0.39, 0.29) is 30.0 Å². The van der Waals surface area contributed by atoms with Gasteiger partial charge < -0.3 is 16.0 Å². The first-order valence-corrected chi connectivity index (χ1v) is 9.70. The van der Waals surface area contributed by atoms with Crippen molar-refractivity contribution >= 4 is 17.6 Å². The Hall–Kier alpha value is -4.26. The van der Waals surface area contributed by atoms with E-state index in [4.69, 9.17) is 11.0 Å². The van der Waals surface area contributed by atoms with E-state index in [2.05, 4.69) is 10.4 Å². The number of primary amides is 1. The molecule has 4 rings (SSSR count). The lowest BCUT2D eigenvalue weighted by Gasteiger charge is -2.33. The van der Waals surface area contributed by atoms with E-state index in [1.165, 1.54) is 27.8 Å². The van der Waals surface area contributed by atoms with Crippen molar-refractivity contribution < 1.29 is 18.4 Å². The highest BCUT2D eigenvalue weighted by Crippen LogP contribution is 2.32. The zero-order chi connectivity index (χ0) is 22.8. The molecule has 1 aromatic heterocycles. The molecule has 0 spiro atoms. The first kappa shape index (κ1) is 21.0. The molecule has 1 atom stereocenters. The summed E-state index contributed by atoms with van der Waals surface area (Å²) < 4.78 is 29.0. The number of benzene rings is 2. The van der Waals surface area contributed by atoms with E-state index < -0.39 is 30.5 Å². The molecular weight excluding hydrogens is 418 g/mol. The third-order valence-electron chi connectivity index (χ3n) is 5.20. The predicted octanol–water partition coefficient (Wildman–Crippen LogP) is 3.22. The summed E-state index contributed by atoms with van der Waals surface area (Å²) in [6.07, 6.45) is 0. The zero-order valence-corrected chi connectivity index (χ0v) is 16.8. The maximum atomic E-state index is 13.9. The smallest absolute Gasteiger partial charge is 0.322 e. The van der Waals surface area contributed by atoms with Crippen LogP contribution in [0.3, 0.4) is 0 Å². The predicted molar refractivity (Wildman–Crippen MR) is 112 cm³/mol. The molecule has 0 bridgehead atoms. The van der Waals surface area contributed by atoms with E-state index in [0.29, 0.717) is 16.8 Å². The first-order chi connectivity index (χ1) is 15.4. The second kappa shape index (κ2) is 8.47.